The van der Waals surface area contributed by atoms with Gasteiger partial charge in [0.25, 0.3) is 5.91 Å². The minimum atomic E-state index is -0.00358. The number of carbonyl (C=O) groups is 2. The Balaban J connectivity index is 1.40. The van der Waals surface area contributed by atoms with Gasteiger partial charge in [0.1, 0.15) is 0 Å². The Morgan fingerprint density at radius 3 is 2.82 bits per heavy atom. The van der Waals surface area contributed by atoms with E-state index < -0.39 is 0 Å². The SMILES string of the molecule is COCCCN1CC2(CCC1=O)CCN(C(=O)c1n[nH]c3ccccc13)CC2. The van der Waals surface area contributed by atoms with E-state index in [0.717, 1.165) is 62.8 Å². The molecule has 7 nitrogen and oxygen atoms in total. The summed E-state index contributed by atoms with van der Waals surface area (Å²) in [5.74, 6) is 0.249. The molecule has 2 saturated heterocycles. The quantitative estimate of drug-likeness (QED) is 0.803. The van der Waals surface area contributed by atoms with Crippen LogP contribution in [0.2, 0.25) is 0 Å². The summed E-state index contributed by atoms with van der Waals surface area (Å²) in [6.45, 7) is 3.69. The number of nitrogens with one attached hydrogen (secondary N) is 1. The average molecular weight is 384 g/mol. The summed E-state index contributed by atoms with van der Waals surface area (Å²) in [5, 5.41) is 8.08. The number of methoxy groups -OCH3 is 1. The van der Waals surface area contributed by atoms with E-state index in [-0.39, 0.29) is 17.2 Å². The number of hydrogen-bond acceptors (Lipinski definition) is 4. The molecular formula is C21H28N4O3. The maximum Gasteiger partial charge on any atom is 0.274 e. The fraction of sp³-hybridized carbons (Fsp3) is 0.571. The average Bonchev–Trinajstić information content (AvgIpc) is 3.15. The maximum atomic E-state index is 13.0. The highest BCUT2D eigenvalue weighted by atomic mass is 16.5. The van der Waals surface area contributed by atoms with Gasteiger partial charge in [-0.25, -0.2) is 0 Å². The highest BCUT2D eigenvalue weighted by molar-refractivity contribution is 6.04. The lowest BCUT2D eigenvalue weighted by Gasteiger charge is -2.47. The molecule has 2 aliphatic rings. The monoisotopic (exact) mass is 384 g/mol. The van der Waals surface area contributed by atoms with Crippen LogP contribution in [-0.2, 0) is 9.53 Å². The molecule has 1 aromatic heterocycles. The van der Waals surface area contributed by atoms with Gasteiger partial charge < -0.3 is 14.5 Å². The number of fused-ring (bicyclic) bond motifs is 1. The number of H-pyrrole nitrogens is 1. The normalized spacial score (nSPS) is 19.5. The van der Waals surface area contributed by atoms with E-state index in [1.807, 2.05) is 34.1 Å². The first-order valence-corrected chi connectivity index (χ1v) is 10.1. The molecule has 2 aromatic rings. The van der Waals surface area contributed by atoms with Gasteiger partial charge in [-0.1, -0.05) is 18.2 Å². The van der Waals surface area contributed by atoms with Crippen molar-refractivity contribution in [3.05, 3.63) is 30.0 Å². The zero-order chi connectivity index (χ0) is 19.6. The third-order valence-electron chi connectivity index (χ3n) is 6.31. The lowest BCUT2D eigenvalue weighted by molar-refractivity contribution is -0.139. The second kappa shape index (κ2) is 7.91. The Hall–Kier alpha value is -2.41. The lowest BCUT2D eigenvalue weighted by atomic mass is 9.72. The van der Waals surface area contributed by atoms with Crippen molar-refractivity contribution in [2.45, 2.75) is 32.1 Å². The van der Waals surface area contributed by atoms with Crippen LogP contribution in [-0.4, -0.2) is 71.7 Å². The first-order valence-electron chi connectivity index (χ1n) is 10.1. The van der Waals surface area contributed by atoms with Gasteiger partial charge >= 0.3 is 0 Å². The lowest BCUT2D eigenvalue weighted by Crippen LogP contribution is -2.52. The van der Waals surface area contributed by atoms with E-state index in [9.17, 15) is 9.59 Å². The van der Waals surface area contributed by atoms with E-state index in [2.05, 4.69) is 10.2 Å². The van der Waals surface area contributed by atoms with Gasteiger partial charge in [0, 0.05) is 51.7 Å². The number of piperidine rings is 2. The summed E-state index contributed by atoms with van der Waals surface area (Å²) in [4.78, 5) is 29.2. The smallest absolute Gasteiger partial charge is 0.274 e. The van der Waals surface area contributed by atoms with E-state index in [4.69, 9.17) is 4.74 Å². The van der Waals surface area contributed by atoms with Gasteiger partial charge in [-0.05, 0) is 37.2 Å². The van der Waals surface area contributed by atoms with Crippen LogP contribution >= 0.6 is 0 Å². The molecule has 3 heterocycles. The Labute approximate surface area is 165 Å². The summed E-state index contributed by atoms with van der Waals surface area (Å²) in [6, 6.07) is 7.73. The predicted molar refractivity (Wildman–Crippen MR) is 106 cm³/mol. The second-order valence-electron chi connectivity index (χ2n) is 8.07. The van der Waals surface area contributed by atoms with Crippen molar-refractivity contribution < 1.29 is 14.3 Å². The molecule has 28 heavy (non-hydrogen) atoms. The van der Waals surface area contributed by atoms with Crippen molar-refractivity contribution >= 4 is 22.7 Å². The Kier molecular flexibility index (Phi) is 5.35. The van der Waals surface area contributed by atoms with Crippen molar-refractivity contribution in [3.63, 3.8) is 0 Å². The molecule has 0 bridgehead atoms. The zero-order valence-corrected chi connectivity index (χ0v) is 16.4. The highest BCUT2D eigenvalue weighted by Gasteiger charge is 2.41. The standard InChI is InChI=1S/C21H28N4O3/c1-28-14-4-11-25-15-21(8-7-18(25)26)9-12-24(13-10-21)20(27)19-16-5-2-3-6-17(16)22-23-19/h2-3,5-6H,4,7-15H2,1H3,(H,22,23). The van der Waals surface area contributed by atoms with Crippen LogP contribution in [0, 0.1) is 5.41 Å². The fourth-order valence-electron chi connectivity index (χ4n) is 4.57. The Bertz CT molecular complexity index is 854. The Morgan fingerprint density at radius 2 is 2.04 bits per heavy atom. The van der Waals surface area contributed by atoms with E-state index in [1.165, 1.54) is 0 Å². The van der Waals surface area contributed by atoms with Crippen molar-refractivity contribution in [1.82, 2.24) is 20.0 Å². The summed E-state index contributed by atoms with van der Waals surface area (Å²) < 4.78 is 5.12. The molecule has 0 aliphatic carbocycles. The van der Waals surface area contributed by atoms with E-state index in [0.29, 0.717) is 18.7 Å². The number of likely N-dealkylation sites (tertiary alicyclic amines) is 2. The van der Waals surface area contributed by atoms with Gasteiger partial charge in [-0.2, -0.15) is 5.10 Å². The maximum absolute atomic E-state index is 13.0. The van der Waals surface area contributed by atoms with Crippen molar-refractivity contribution in [2.75, 3.05) is 39.9 Å². The minimum Gasteiger partial charge on any atom is -0.385 e. The van der Waals surface area contributed by atoms with Crippen LogP contribution in [0.5, 0.6) is 0 Å². The van der Waals surface area contributed by atoms with Crippen molar-refractivity contribution in [1.29, 1.82) is 0 Å². The number of aromatic amines is 1. The topological polar surface area (TPSA) is 78.5 Å². The first kappa shape index (κ1) is 18.9. The molecule has 4 rings (SSSR count). The number of carbonyl (C=O) groups excluding carboxylic acids is 2. The predicted octanol–water partition coefficient (Wildman–Crippen LogP) is 2.44. The third kappa shape index (κ3) is 3.63. The summed E-state index contributed by atoms with van der Waals surface area (Å²) in [7, 11) is 1.69. The number of hydrogen-bond donors (Lipinski definition) is 1. The number of amides is 2. The van der Waals surface area contributed by atoms with Crippen molar-refractivity contribution in [3.8, 4) is 0 Å². The van der Waals surface area contributed by atoms with Gasteiger partial charge in [0.2, 0.25) is 5.91 Å². The molecular weight excluding hydrogens is 356 g/mol. The molecule has 0 unspecified atom stereocenters. The van der Waals surface area contributed by atoms with E-state index in [1.54, 1.807) is 7.11 Å². The number of benzene rings is 1. The molecule has 1 spiro atoms. The second-order valence-corrected chi connectivity index (χ2v) is 8.07. The van der Waals surface area contributed by atoms with Gasteiger partial charge in [-0.3, -0.25) is 14.7 Å². The minimum absolute atomic E-state index is 0.00358. The molecule has 1 N–H and O–H groups in total. The Morgan fingerprint density at radius 1 is 1.25 bits per heavy atom. The van der Waals surface area contributed by atoms with Gasteiger partial charge in [0.05, 0.1) is 5.52 Å². The molecule has 1 aromatic carbocycles. The molecule has 2 aliphatic heterocycles. The third-order valence-corrected chi connectivity index (χ3v) is 6.31. The van der Waals surface area contributed by atoms with Crippen LogP contribution in [0.25, 0.3) is 10.9 Å². The highest BCUT2D eigenvalue weighted by Crippen LogP contribution is 2.40. The van der Waals surface area contributed by atoms with Crippen molar-refractivity contribution in [2.24, 2.45) is 5.41 Å². The molecule has 2 amide bonds. The number of para-hydroxylation sites is 1. The molecule has 150 valence electrons. The molecule has 0 radical (unpaired) electrons. The fourth-order valence-corrected chi connectivity index (χ4v) is 4.57. The molecule has 0 atom stereocenters. The largest absolute Gasteiger partial charge is 0.385 e. The van der Waals surface area contributed by atoms with Crippen LogP contribution < -0.4 is 0 Å². The number of nitrogens with zero attached hydrogens (tertiary/aromatic N) is 3. The van der Waals surface area contributed by atoms with Crippen LogP contribution in [0.4, 0.5) is 0 Å². The summed E-state index contributed by atoms with van der Waals surface area (Å²) in [6.07, 6.45) is 4.30. The van der Waals surface area contributed by atoms with Crippen LogP contribution in [0.15, 0.2) is 24.3 Å². The zero-order valence-electron chi connectivity index (χ0n) is 16.4. The number of ether oxygens (including phenoxy) is 1. The van der Waals surface area contributed by atoms with Gasteiger partial charge in [-0.15, -0.1) is 0 Å². The molecule has 7 heteroatoms. The summed E-state index contributed by atoms with van der Waals surface area (Å²) in [5.41, 5.74) is 1.54. The first-order chi connectivity index (χ1) is 13.6. The molecule has 0 saturated carbocycles. The van der Waals surface area contributed by atoms with Gasteiger partial charge in [0.15, 0.2) is 5.69 Å². The van der Waals surface area contributed by atoms with E-state index >= 15 is 0 Å². The number of aromatic nitrogens is 2. The number of rotatable bonds is 5. The van der Waals surface area contributed by atoms with Crippen LogP contribution in [0.1, 0.15) is 42.6 Å². The summed E-state index contributed by atoms with van der Waals surface area (Å²) >= 11 is 0. The molecule has 2 fully saturated rings. The van der Waals surface area contributed by atoms with Crippen LogP contribution in [0.3, 0.4) is 0 Å².